The van der Waals surface area contributed by atoms with Gasteiger partial charge in [0.15, 0.2) is 6.61 Å². The van der Waals surface area contributed by atoms with Crippen LogP contribution in [-0.4, -0.2) is 53.2 Å². The van der Waals surface area contributed by atoms with Crippen molar-refractivity contribution in [2.24, 2.45) is 0 Å². The van der Waals surface area contributed by atoms with E-state index in [-0.39, 0.29) is 18.4 Å². The summed E-state index contributed by atoms with van der Waals surface area (Å²) in [5.74, 6) is 0.614. The van der Waals surface area contributed by atoms with Gasteiger partial charge in [-0.25, -0.2) is 9.50 Å². The molecule has 0 unspecified atom stereocenters. The van der Waals surface area contributed by atoms with Gasteiger partial charge in [-0.2, -0.15) is 10.4 Å². The second-order valence-electron chi connectivity index (χ2n) is 6.91. The average Bonchev–Trinajstić information content (AvgIpc) is 3.23. The van der Waals surface area contributed by atoms with Crippen molar-refractivity contribution in [1.82, 2.24) is 25.2 Å². The lowest BCUT2D eigenvalue weighted by atomic mass is 10.1. The molecule has 0 atom stereocenters. The number of fused-ring (bicyclic) bond motifs is 1. The number of hydrogen-bond acceptors (Lipinski definition) is 7. The molecule has 10 heteroatoms. The monoisotopic (exact) mass is 433 g/mol. The molecule has 0 saturated carbocycles. The van der Waals surface area contributed by atoms with Gasteiger partial charge < -0.3 is 20.7 Å². The highest BCUT2D eigenvalue weighted by Crippen LogP contribution is 2.30. The van der Waals surface area contributed by atoms with E-state index in [0.717, 1.165) is 5.56 Å². The van der Waals surface area contributed by atoms with Crippen LogP contribution in [0.2, 0.25) is 0 Å². The minimum Gasteiger partial charge on any atom is -0.482 e. The molecule has 3 N–H and O–H groups in total. The summed E-state index contributed by atoms with van der Waals surface area (Å²) in [7, 11) is 1.53. The minimum atomic E-state index is -0.263. The number of rotatable bonds is 9. The van der Waals surface area contributed by atoms with E-state index in [1.807, 2.05) is 6.07 Å². The van der Waals surface area contributed by atoms with Crippen molar-refractivity contribution in [2.75, 3.05) is 32.1 Å². The van der Waals surface area contributed by atoms with Gasteiger partial charge in [-0.05, 0) is 25.1 Å². The summed E-state index contributed by atoms with van der Waals surface area (Å²) < 4.78 is 7.11. The van der Waals surface area contributed by atoms with Crippen LogP contribution in [0.15, 0.2) is 48.9 Å². The molecular formula is C22H23N7O3. The third-order valence-electron chi connectivity index (χ3n) is 4.53. The standard InChI is InChI=1S/C22H23N7O3/c1-14(2)22(31)26-7-6-25-19-5-4-15(10-27-19)18-8-17(32-13-20(30)24-3)12-29-21(18)16(9-23)11-28-29/h4-5,8,10-12H,1,6-7,13H2,2-3H3,(H,24,30)(H,25,27)(H,26,31). The van der Waals surface area contributed by atoms with E-state index in [2.05, 4.69) is 38.7 Å². The highest BCUT2D eigenvalue weighted by molar-refractivity contribution is 5.92. The van der Waals surface area contributed by atoms with Crippen LogP contribution >= 0.6 is 0 Å². The minimum absolute atomic E-state index is 0.142. The van der Waals surface area contributed by atoms with Crippen molar-refractivity contribution in [1.29, 1.82) is 5.26 Å². The van der Waals surface area contributed by atoms with Gasteiger partial charge >= 0.3 is 0 Å². The summed E-state index contributed by atoms with van der Waals surface area (Å²) in [6, 6.07) is 7.54. The zero-order valence-corrected chi connectivity index (χ0v) is 17.8. The molecule has 164 valence electrons. The Bertz CT molecular complexity index is 1190. The first-order chi connectivity index (χ1) is 15.4. The molecule has 0 fully saturated rings. The number of aromatic nitrogens is 3. The molecule has 2 amide bonds. The largest absolute Gasteiger partial charge is 0.482 e. The molecule has 0 radical (unpaired) electrons. The first-order valence-corrected chi connectivity index (χ1v) is 9.81. The molecule has 0 aliphatic rings. The van der Waals surface area contributed by atoms with Crippen LogP contribution in [0.4, 0.5) is 5.82 Å². The fourth-order valence-corrected chi connectivity index (χ4v) is 2.87. The number of nitrogens with zero attached hydrogens (tertiary/aromatic N) is 4. The molecule has 0 aliphatic carbocycles. The Kier molecular flexibility index (Phi) is 7.02. The first-order valence-electron chi connectivity index (χ1n) is 9.81. The van der Waals surface area contributed by atoms with Gasteiger partial charge in [0, 0.05) is 43.0 Å². The number of pyridine rings is 2. The van der Waals surface area contributed by atoms with Crippen molar-refractivity contribution in [3.63, 3.8) is 0 Å². The fraction of sp³-hybridized carbons (Fsp3) is 0.227. The van der Waals surface area contributed by atoms with Gasteiger partial charge in [0.2, 0.25) is 5.91 Å². The molecular weight excluding hydrogens is 410 g/mol. The lowest BCUT2D eigenvalue weighted by Gasteiger charge is -2.11. The summed E-state index contributed by atoms with van der Waals surface area (Å²) in [6.45, 7) is 6.03. The van der Waals surface area contributed by atoms with Gasteiger partial charge in [-0.15, -0.1) is 0 Å². The van der Waals surface area contributed by atoms with Crippen molar-refractivity contribution in [3.05, 3.63) is 54.5 Å². The molecule has 3 aromatic rings. The van der Waals surface area contributed by atoms with Gasteiger partial charge in [-0.3, -0.25) is 9.59 Å². The van der Waals surface area contributed by atoms with Crippen LogP contribution in [0, 0.1) is 11.3 Å². The second-order valence-corrected chi connectivity index (χ2v) is 6.91. The van der Waals surface area contributed by atoms with E-state index in [1.54, 1.807) is 36.0 Å². The van der Waals surface area contributed by atoms with E-state index in [9.17, 15) is 14.9 Å². The Hall–Kier alpha value is -4.39. The average molecular weight is 433 g/mol. The van der Waals surface area contributed by atoms with E-state index >= 15 is 0 Å². The summed E-state index contributed by atoms with van der Waals surface area (Å²) in [4.78, 5) is 27.4. The highest BCUT2D eigenvalue weighted by atomic mass is 16.5. The predicted molar refractivity (Wildman–Crippen MR) is 119 cm³/mol. The molecule has 3 heterocycles. The third-order valence-corrected chi connectivity index (χ3v) is 4.53. The number of nitrogens with one attached hydrogen (secondary N) is 3. The lowest BCUT2D eigenvalue weighted by molar-refractivity contribution is -0.122. The smallest absolute Gasteiger partial charge is 0.257 e. The Balaban J connectivity index is 1.80. The molecule has 0 spiro atoms. The molecule has 10 nitrogen and oxygen atoms in total. The van der Waals surface area contributed by atoms with Crippen LogP contribution < -0.4 is 20.7 Å². The maximum Gasteiger partial charge on any atom is 0.257 e. The maximum absolute atomic E-state index is 11.5. The van der Waals surface area contributed by atoms with Crippen LogP contribution in [0.3, 0.4) is 0 Å². The van der Waals surface area contributed by atoms with Gasteiger partial charge in [-0.1, -0.05) is 6.58 Å². The summed E-state index contributed by atoms with van der Waals surface area (Å²) in [6.07, 6.45) is 4.76. The quantitative estimate of drug-likeness (QED) is 0.344. The van der Waals surface area contributed by atoms with Crippen molar-refractivity contribution < 1.29 is 14.3 Å². The van der Waals surface area contributed by atoms with Crippen LogP contribution in [0.5, 0.6) is 5.75 Å². The van der Waals surface area contributed by atoms with Crippen LogP contribution in [0.25, 0.3) is 16.6 Å². The summed E-state index contributed by atoms with van der Waals surface area (Å²) in [5, 5.41) is 22.0. The van der Waals surface area contributed by atoms with Crippen LogP contribution in [-0.2, 0) is 9.59 Å². The number of likely N-dealkylation sites (N-methyl/N-ethyl adjacent to an activating group) is 1. The number of nitriles is 1. The molecule has 0 bridgehead atoms. The molecule has 0 saturated heterocycles. The number of carbonyl (C=O) groups is 2. The molecule has 3 aromatic heterocycles. The number of amides is 2. The molecule has 3 rings (SSSR count). The van der Waals surface area contributed by atoms with E-state index < -0.39 is 0 Å². The fourth-order valence-electron chi connectivity index (χ4n) is 2.87. The Morgan fingerprint density at radius 3 is 2.75 bits per heavy atom. The highest BCUT2D eigenvalue weighted by Gasteiger charge is 2.14. The SMILES string of the molecule is C=C(C)C(=O)NCCNc1ccc(-c2cc(OCC(=O)NC)cn3ncc(C#N)c23)cn1. The molecule has 0 aromatic carbocycles. The summed E-state index contributed by atoms with van der Waals surface area (Å²) in [5.41, 5.74) is 2.93. The van der Waals surface area contributed by atoms with Crippen molar-refractivity contribution >= 4 is 23.1 Å². The van der Waals surface area contributed by atoms with E-state index in [4.69, 9.17) is 4.74 Å². The summed E-state index contributed by atoms with van der Waals surface area (Å²) >= 11 is 0. The number of anilines is 1. The zero-order valence-electron chi connectivity index (χ0n) is 17.8. The number of ether oxygens (including phenoxy) is 1. The van der Waals surface area contributed by atoms with Gasteiger partial charge in [0.25, 0.3) is 5.91 Å². The van der Waals surface area contributed by atoms with E-state index in [0.29, 0.717) is 46.9 Å². The van der Waals surface area contributed by atoms with Crippen molar-refractivity contribution in [3.8, 4) is 22.9 Å². The first kappa shape index (κ1) is 22.3. The maximum atomic E-state index is 11.5. The Morgan fingerprint density at radius 2 is 2.09 bits per heavy atom. The normalized spacial score (nSPS) is 10.3. The topological polar surface area (TPSA) is 133 Å². The Labute approximate surface area is 184 Å². The predicted octanol–water partition coefficient (Wildman–Crippen LogP) is 1.50. The van der Waals surface area contributed by atoms with Gasteiger partial charge in [0.05, 0.1) is 23.5 Å². The van der Waals surface area contributed by atoms with Gasteiger partial charge in [0.1, 0.15) is 17.6 Å². The lowest BCUT2D eigenvalue weighted by Crippen LogP contribution is -2.29. The third kappa shape index (κ3) is 5.20. The number of carbonyl (C=O) groups excluding carboxylic acids is 2. The number of hydrogen-bond donors (Lipinski definition) is 3. The molecule has 0 aliphatic heterocycles. The van der Waals surface area contributed by atoms with E-state index in [1.165, 1.54) is 13.2 Å². The Morgan fingerprint density at radius 1 is 1.28 bits per heavy atom. The zero-order chi connectivity index (χ0) is 23.1. The molecule has 32 heavy (non-hydrogen) atoms. The van der Waals surface area contributed by atoms with Crippen LogP contribution in [0.1, 0.15) is 12.5 Å². The van der Waals surface area contributed by atoms with Crippen molar-refractivity contribution in [2.45, 2.75) is 6.92 Å². The second kappa shape index (κ2) is 10.1.